The first-order chi connectivity index (χ1) is 8.29. The summed E-state index contributed by atoms with van der Waals surface area (Å²) < 4.78 is 0. The van der Waals surface area contributed by atoms with Gasteiger partial charge in [-0.05, 0) is 30.8 Å². The smallest absolute Gasteiger partial charge is 0.281 e. The van der Waals surface area contributed by atoms with Gasteiger partial charge in [0, 0.05) is 11.9 Å². The van der Waals surface area contributed by atoms with Crippen LogP contribution in [-0.2, 0) is 11.2 Å². The van der Waals surface area contributed by atoms with Crippen molar-refractivity contribution in [3.05, 3.63) is 35.9 Å². The summed E-state index contributed by atoms with van der Waals surface area (Å²) in [5.41, 5.74) is 1.13. The van der Waals surface area contributed by atoms with Crippen molar-refractivity contribution in [3.63, 3.8) is 0 Å². The Labute approximate surface area is 102 Å². The molecule has 1 saturated carbocycles. The van der Waals surface area contributed by atoms with Crippen LogP contribution in [0.15, 0.2) is 30.3 Å². The number of carbonyl (C=O) groups excluding carboxylic acids is 1. The van der Waals surface area contributed by atoms with Gasteiger partial charge >= 0.3 is 0 Å². The fourth-order valence-electron chi connectivity index (χ4n) is 1.76. The third kappa shape index (κ3) is 3.63. The average Bonchev–Trinajstić information content (AvgIpc) is 3.14. The zero-order chi connectivity index (χ0) is 12.1. The lowest BCUT2D eigenvalue weighted by Gasteiger charge is -2.15. The Balaban J connectivity index is 1.92. The van der Waals surface area contributed by atoms with E-state index in [2.05, 4.69) is 5.32 Å². The zero-order valence-corrected chi connectivity index (χ0v) is 9.60. The minimum atomic E-state index is -0.185. The Bertz CT molecular complexity index is 423. The van der Waals surface area contributed by atoms with Crippen molar-refractivity contribution >= 4 is 13.2 Å². The molecule has 2 rings (SSSR count). The molecule has 17 heavy (non-hydrogen) atoms. The van der Waals surface area contributed by atoms with E-state index in [9.17, 15) is 4.79 Å². The van der Waals surface area contributed by atoms with Crippen LogP contribution < -0.4 is 5.32 Å². The Morgan fingerprint density at radius 2 is 2.18 bits per heavy atom. The summed E-state index contributed by atoms with van der Waals surface area (Å²) in [6.45, 7) is 0. The van der Waals surface area contributed by atoms with E-state index < -0.39 is 0 Å². The lowest BCUT2D eigenvalue weighted by molar-refractivity contribution is -0.122. The van der Waals surface area contributed by atoms with E-state index in [0.717, 1.165) is 18.4 Å². The molecule has 0 spiro atoms. The highest BCUT2D eigenvalue weighted by atomic mass is 16.2. The number of nitrogens with one attached hydrogen (secondary N) is 1. The number of benzene rings is 1. The van der Waals surface area contributed by atoms with E-state index in [4.69, 9.17) is 5.26 Å². The number of carbonyl (C=O) groups is 1. The molecule has 1 amide bonds. The summed E-state index contributed by atoms with van der Waals surface area (Å²) in [5, 5.41) is 11.6. The second kappa shape index (κ2) is 5.54. The molecule has 1 unspecified atom stereocenters. The molecule has 1 aromatic rings. The number of rotatable bonds is 5. The maximum atomic E-state index is 11.6. The predicted molar refractivity (Wildman–Crippen MR) is 66.2 cm³/mol. The van der Waals surface area contributed by atoms with Crippen molar-refractivity contribution in [2.24, 2.45) is 5.92 Å². The van der Waals surface area contributed by atoms with E-state index >= 15 is 0 Å². The molecule has 0 aromatic heterocycles. The normalized spacial score (nSPS) is 15.7. The summed E-state index contributed by atoms with van der Waals surface area (Å²) in [5.74, 6) is 2.09. The zero-order valence-electron chi connectivity index (χ0n) is 9.60. The van der Waals surface area contributed by atoms with Crippen LogP contribution in [0.1, 0.15) is 18.4 Å². The van der Waals surface area contributed by atoms with Crippen molar-refractivity contribution in [2.75, 3.05) is 0 Å². The van der Waals surface area contributed by atoms with Crippen LogP contribution in [0, 0.1) is 17.1 Å². The second-order valence-corrected chi connectivity index (χ2v) is 4.37. The third-order valence-electron chi connectivity index (χ3n) is 2.85. The van der Waals surface area contributed by atoms with Crippen LogP contribution in [0.5, 0.6) is 0 Å². The van der Waals surface area contributed by atoms with Gasteiger partial charge in [-0.2, -0.15) is 0 Å². The number of nitrogens with zero attached hydrogens (tertiary/aromatic N) is 1. The van der Waals surface area contributed by atoms with E-state index in [1.54, 1.807) is 0 Å². The molecule has 1 aromatic carbocycles. The molecule has 0 heterocycles. The first kappa shape index (κ1) is 11.7. The predicted octanol–water partition coefficient (Wildman–Crippen LogP) is 1.27. The van der Waals surface area contributed by atoms with E-state index in [-0.39, 0.29) is 17.8 Å². The Morgan fingerprint density at radius 1 is 1.47 bits per heavy atom. The maximum absolute atomic E-state index is 11.6. The van der Waals surface area contributed by atoms with Gasteiger partial charge in [0.05, 0.1) is 0 Å². The molecule has 1 radical (unpaired) electrons. The molecule has 1 aliphatic rings. The SMILES string of the molecule is N#C[B]C(Cc1ccccc1)NC(=O)C1CC1. The van der Waals surface area contributed by atoms with E-state index in [1.807, 2.05) is 36.3 Å². The first-order valence-corrected chi connectivity index (χ1v) is 5.87. The van der Waals surface area contributed by atoms with Gasteiger partial charge in [-0.25, -0.2) is 5.26 Å². The Hall–Kier alpha value is -1.76. The third-order valence-corrected chi connectivity index (χ3v) is 2.85. The quantitative estimate of drug-likeness (QED) is 0.767. The Kier molecular flexibility index (Phi) is 3.82. The van der Waals surface area contributed by atoms with Gasteiger partial charge in [0.15, 0.2) is 0 Å². The summed E-state index contributed by atoms with van der Waals surface area (Å²) in [4.78, 5) is 11.6. The second-order valence-electron chi connectivity index (χ2n) is 4.37. The molecule has 4 heteroatoms. The molecule has 1 aliphatic carbocycles. The molecular weight excluding hydrogens is 211 g/mol. The number of nitriles is 1. The molecule has 1 fully saturated rings. The van der Waals surface area contributed by atoms with Gasteiger partial charge in [-0.1, -0.05) is 30.3 Å². The highest BCUT2D eigenvalue weighted by molar-refractivity contribution is 6.47. The van der Waals surface area contributed by atoms with Crippen molar-refractivity contribution < 1.29 is 4.79 Å². The summed E-state index contributed by atoms with van der Waals surface area (Å²) in [6.07, 6.45) is 2.64. The molecule has 0 saturated heterocycles. The number of hydrogen-bond acceptors (Lipinski definition) is 2. The van der Waals surface area contributed by atoms with Gasteiger partial charge in [0.25, 0.3) is 7.28 Å². The van der Waals surface area contributed by atoms with Gasteiger partial charge in [-0.3, -0.25) is 4.79 Å². The molecule has 0 aliphatic heterocycles. The highest BCUT2D eigenvalue weighted by Gasteiger charge is 2.31. The van der Waals surface area contributed by atoms with E-state index in [1.165, 1.54) is 7.28 Å². The fraction of sp³-hybridized carbons (Fsp3) is 0.385. The molecule has 1 N–H and O–H groups in total. The van der Waals surface area contributed by atoms with Crippen LogP contribution in [0.3, 0.4) is 0 Å². The van der Waals surface area contributed by atoms with E-state index in [0.29, 0.717) is 6.42 Å². The topological polar surface area (TPSA) is 52.9 Å². The fourth-order valence-corrected chi connectivity index (χ4v) is 1.76. The highest BCUT2D eigenvalue weighted by Crippen LogP contribution is 2.28. The minimum Gasteiger partial charge on any atom is -0.359 e. The van der Waals surface area contributed by atoms with Crippen LogP contribution in [0.2, 0.25) is 0 Å². The lowest BCUT2D eigenvalue weighted by Crippen LogP contribution is -2.41. The van der Waals surface area contributed by atoms with Crippen LogP contribution in [0.4, 0.5) is 0 Å². The molecule has 85 valence electrons. The maximum Gasteiger partial charge on any atom is 0.281 e. The van der Waals surface area contributed by atoms with Crippen molar-refractivity contribution in [1.29, 1.82) is 5.26 Å². The van der Waals surface area contributed by atoms with Gasteiger partial charge < -0.3 is 5.32 Å². The summed E-state index contributed by atoms with van der Waals surface area (Å²) in [7, 11) is 1.49. The molecule has 0 bridgehead atoms. The summed E-state index contributed by atoms with van der Waals surface area (Å²) in [6, 6.07) is 9.88. The monoisotopic (exact) mass is 225 g/mol. The average molecular weight is 225 g/mol. The number of amides is 1. The Morgan fingerprint density at radius 3 is 2.76 bits per heavy atom. The molecule has 1 atom stereocenters. The lowest BCUT2D eigenvalue weighted by atomic mass is 9.69. The van der Waals surface area contributed by atoms with Crippen molar-refractivity contribution in [2.45, 2.75) is 25.2 Å². The van der Waals surface area contributed by atoms with Crippen LogP contribution in [-0.4, -0.2) is 19.1 Å². The summed E-state index contributed by atoms with van der Waals surface area (Å²) >= 11 is 0. The van der Waals surface area contributed by atoms with Gasteiger partial charge in [0.2, 0.25) is 5.91 Å². The van der Waals surface area contributed by atoms with Gasteiger partial charge in [0.1, 0.15) is 0 Å². The van der Waals surface area contributed by atoms with Crippen molar-refractivity contribution in [1.82, 2.24) is 5.32 Å². The van der Waals surface area contributed by atoms with Gasteiger partial charge in [-0.15, -0.1) is 0 Å². The largest absolute Gasteiger partial charge is 0.359 e. The van der Waals surface area contributed by atoms with Crippen LogP contribution >= 0.6 is 0 Å². The van der Waals surface area contributed by atoms with Crippen LogP contribution in [0.25, 0.3) is 0 Å². The van der Waals surface area contributed by atoms with Crippen molar-refractivity contribution in [3.8, 4) is 5.97 Å². The molecule has 3 nitrogen and oxygen atoms in total. The standard InChI is InChI=1S/C13H14BN2O/c15-9-14-12(16-13(17)11-6-7-11)8-10-4-2-1-3-5-10/h1-5,11-12H,6-8H2,(H,16,17). The minimum absolute atomic E-state index is 0.0810. The molecular formula is C13H14BN2O. The first-order valence-electron chi connectivity index (χ1n) is 5.87. The number of hydrogen-bond donors (Lipinski definition) is 1.